The van der Waals surface area contributed by atoms with Gasteiger partial charge in [0, 0.05) is 44.5 Å². The van der Waals surface area contributed by atoms with Gasteiger partial charge < -0.3 is 9.64 Å². The fourth-order valence-electron chi connectivity index (χ4n) is 3.79. The first-order valence-electron chi connectivity index (χ1n) is 8.28. The number of aromatic nitrogens is 1. The Morgan fingerprint density at radius 3 is 2.83 bits per heavy atom. The minimum Gasteiger partial charge on any atom is -0.373 e. The van der Waals surface area contributed by atoms with E-state index < -0.39 is 0 Å². The average Bonchev–Trinajstić information content (AvgIpc) is 2.94. The van der Waals surface area contributed by atoms with Crippen molar-refractivity contribution in [3.8, 4) is 0 Å². The number of pyridine rings is 1. The lowest BCUT2D eigenvalue weighted by molar-refractivity contribution is -0.384. The van der Waals surface area contributed by atoms with Crippen LogP contribution in [0.4, 0.5) is 11.5 Å². The topological polar surface area (TPSA) is 71.7 Å². The van der Waals surface area contributed by atoms with Crippen molar-refractivity contribution in [3.05, 3.63) is 28.4 Å². The second kappa shape index (κ2) is 6.80. The van der Waals surface area contributed by atoms with Crippen molar-refractivity contribution in [3.63, 3.8) is 0 Å². The molecule has 2 saturated heterocycles. The second-order valence-corrected chi connectivity index (χ2v) is 6.57. The Morgan fingerprint density at radius 1 is 1.39 bits per heavy atom. The molecule has 23 heavy (non-hydrogen) atoms. The molecule has 7 heteroatoms. The normalized spacial score (nSPS) is 29.0. The molecule has 3 rings (SSSR count). The molecule has 3 heterocycles. The summed E-state index contributed by atoms with van der Waals surface area (Å²) < 4.78 is 5.79. The molecule has 0 N–H and O–H groups in total. The Morgan fingerprint density at radius 2 is 2.13 bits per heavy atom. The Kier molecular flexibility index (Phi) is 4.77. The van der Waals surface area contributed by atoms with Crippen LogP contribution in [-0.4, -0.2) is 59.2 Å². The molecule has 2 aliphatic rings. The zero-order valence-corrected chi connectivity index (χ0v) is 13.7. The fraction of sp³-hybridized carbons (Fsp3) is 0.688. The van der Waals surface area contributed by atoms with Gasteiger partial charge >= 0.3 is 5.69 Å². The zero-order valence-electron chi connectivity index (χ0n) is 13.7. The molecule has 2 fully saturated rings. The molecular weight excluding hydrogens is 296 g/mol. The van der Waals surface area contributed by atoms with E-state index in [1.807, 2.05) is 0 Å². The molecule has 0 unspecified atom stereocenters. The summed E-state index contributed by atoms with van der Waals surface area (Å²) in [5.41, 5.74) is 0.100. The first kappa shape index (κ1) is 16.1. The molecule has 0 spiro atoms. The third-order valence-electron chi connectivity index (χ3n) is 4.58. The van der Waals surface area contributed by atoms with E-state index in [4.69, 9.17) is 4.74 Å². The monoisotopic (exact) mass is 320 g/mol. The van der Waals surface area contributed by atoms with Gasteiger partial charge in [-0.3, -0.25) is 15.0 Å². The maximum atomic E-state index is 11.3. The van der Waals surface area contributed by atoms with E-state index in [0.717, 1.165) is 39.0 Å². The van der Waals surface area contributed by atoms with E-state index in [1.54, 1.807) is 12.3 Å². The standard InChI is InChI=1S/C16H24N4O3/c1-12-9-18(10-13(2)23-12)11-14-5-4-8-19(14)16-15(20(21)22)6-3-7-17-16/h3,6-7,12-14H,4-5,8-11H2,1-2H3/t12-,13-,14-/m1/s1. The number of nitro groups is 1. The minimum absolute atomic E-state index is 0.100. The molecule has 1 aromatic heterocycles. The highest BCUT2D eigenvalue weighted by atomic mass is 16.6. The number of hydrogen-bond acceptors (Lipinski definition) is 6. The molecule has 0 aromatic carbocycles. The van der Waals surface area contributed by atoms with Gasteiger partial charge in [-0.25, -0.2) is 4.98 Å². The largest absolute Gasteiger partial charge is 0.373 e. The van der Waals surface area contributed by atoms with Gasteiger partial charge in [0.25, 0.3) is 0 Å². The lowest BCUT2D eigenvalue weighted by Crippen LogP contribution is -2.50. The zero-order chi connectivity index (χ0) is 16.4. The quantitative estimate of drug-likeness (QED) is 0.625. The summed E-state index contributed by atoms with van der Waals surface area (Å²) in [7, 11) is 0. The fourth-order valence-corrected chi connectivity index (χ4v) is 3.79. The van der Waals surface area contributed by atoms with Gasteiger partial charge in [0.2, 0.25) is 5.82 Å². The first-order valence-corrected chi connectivity index (χ1v) is 8.28. The van der Waals surface area contributed by atoms with Crippen LogP contribution in [-0.2, 0) is 4.74 Å². The van der Waals surface area contributed by atoms with E-state index in [9.17, 15) is 10.1 Å². The van der Waals surface area contributed by atoms with Crippen LogP contribution >= 0.6 is 0 Å². The number of rotatable bonds is 4. The van der Waals surface area contributed by atoms with Crippen LogP contribution in [0.1, 0.15) is 26.7 Å². The summed E-state index contributed by atoms with van der Waals surface area (Å²) in [5, 5.41) is 11.3. The highest BCUT2D eigenvalue weighted by Gasteiger charge is 2.33. The Labute approximate surface area is 136 Å². The van der Waals surface area contributed by atoms with Crippen LogP contribution in [0.15, 0.2) is 18.3 Å². The second-order valence-electron chi connectivity index (χ2n) is 6.57. The third kappa shape index (κ3) is 3.61. The van der Waals surface area contributed by atoms with Crippen LogP contribution in [0.2, 0.25) is 0 Å². The summed E-state index contributed by atoms with van der Waals surface area (Å²) in [6.45, 7) is 7.76. The molecule has 1 aromatic rings. The number of nitrogens with zero attached hydrogens (tertiary/aromatic N) is 4. The predicted octanol–water partition coefficient (Wildman–Crippen LogP) is 2.07. The SMILES string of the molecule is C[C@@H]1CN(C[C@H]2CCCN2c2ncccc2[N+](=O)[O-])C[C@@H](C)O1. The van der Waals surface area contributed by atoms with E-state index in [1.165, 1.54) is 6.07 Å². The average molecular weight is 320 g/mol. The molecular formula is C16H24N4O3. The Bertz CT molecular complexity index is 558. The van der Waals surface area contributed by atoms with Crippen LogP contribution in [0.5, 0.6) is 0 Å². The summed E-state index contributed by atoms with van der Waals surface area (Å²) >= 11 is 0. The van der Waals surface area contributed by atoms with Gasteiger partial charge in [0.15, 0.2) is 0 Å². The predicted molar refractivity (Wildman–Crippen MR) is 87.7 cm³/mol. The van der Waals surface area contributed by atoms with Crippen molar-refractivity contribution < 1.29 is 9.66 Å². The molecule has 7 nitrogen and oxygen atoms in total. The van der Waals surface area contributed by atoms with E-state index in [0.29, 0.717) is 5.82 Å². The lowest BCUT2D eigenvalue weighted by Gasteiger charge is -2.38. The van der Waals surface area contributed by atoms with E-state index in [-0.39, 0.29) is 28.9 Å². The summed E-state index contributed by atoms with van der Waals surface area (Å²) in [4.78, 5) is 19.8. The molecule has 3 atom stereocenters. The number of hydrogen-bond donors (Lipinski definition) is 0. The van der Waals surface area contributed by atoms with Gasteiger partial charge in [-0.05, 0) is 32.8 Å². The highest BCUT2D eigenvalue weighted by Crippen LogP contribution is 2.31. The smallest absolute Gasteiger partial charge is 0.311 e. The van der Waals surface area contributed by atoms with Crippen LogP contribution in [0, 0.1) is 10.1 Å². The van der Waals surface area contributed by atoms with Crippen molar-refractivity contribution in [2.75, 3.05) is 31.1 Å². The van der Waals surface area contributed by atoms with Crippen molar-refractivity contribution in [2.45, 2.75) is 44.9 Å². The molecule has 0 aliphatic carbocycles. The van der Waals surface area contributed by atoms with Gasteiger partial charge in [0.05, 0.1) is 17.1 Å². The summed E-state index contributed by atoms with van der Waals surface area (Å²) in [6, 6.07) is 3.44. The Balaban J connectivity index is 1.74. The number of anilines is 1. The first-order chi connectivity index (χ1) is 11.0. The highest BCUT2D eigenvalue weighted by molar-refractivity contribution is 5.58. The van der Waals surface area contributed by atoms with E-state index >= 15 is 0 Å². The molecule has 0 bridgehead atoms. The van der Waals surface area contributed by atoms with E-state index in [2.05, 4.69) is 28.6 Å². The van der Waals surface area contributed by atoms with Crippen molar-refractivity contribution >= 4 is 11.5 Å². The van der Waals surface area contributed by atoms with Crippen LogP contribution in [0.25, 0.3) is 0 Å². The number of morpholine rings is 1. The van der Waals surface area contributed by atoms with Crippen LogP contribution < -0.4 is 4.90 Å². The minimum atomic E-state index is -0.337. The van der Waals surface area contributed by atoms with Crippen LogP contribution in [0.3, 0.4) is 0 Å². The molecule has 0 amide bonds. The molecule has 2 aliphatic heterocycles. The lowest BCUT2D eigenvalue weighted by atomic mass is 10.1. The maximum Gasteiger partial charge on any atom is 0.311 e. The van der Waals surface area contributed by atoms with Crippen molar-refractivity contribution in [1.29, 1.82) is 0 Å². The number of ether oxygens (including phenoxy) is 1. The molecule has 0 radical (unpaired) electrons. The van der Waals surface area contributed by atoms with Gasteiger partial charge in [0.1, 0.15) is 0 Å². The van der Waals surface area contributed by atoms with Crippen molar-refractivity contribution in [1.82, 2.24) is 9.88 Å². The summed E-state index contributed by atoms with van der Waals surface area (Å²) in [6.07, 6.45) is 4.20. The van der Waals surface area contributed by atoms with Gasteiger partial charge in [-0.15, -0.1) is 0 Å². The Hall–Kier alpha value is -1.73. The molecule has 126 valence electrons. The summed E-state index contributed by atoms with van der Waals surface area (Å²) in [5.74, 6) is 0.509. The molecule has 0 saturated carbocycles. The third-order valence-corrected chi connectivity index (χ3v) is 4.58. The van der Waals surface area contributed by atoms with Gasteiger partial charge in [-0.1, -0.05) is 0 Å². The van der Waals surface area contributed by atoms with Gasteiger partial charge in [-0.2, -0.15) is 0 Å². The maximum absolute atomic E-state index is 11.3. The van der Waals surface area contributed by atoms with Crippen molar-refractivity contribution in [2.24, 2.45) is 0 Å².